The van der Waals surface area contributed by atoms with Crippen molar-refractivity contribution >= 4 is 22.9 Å². The Hall–Kier alpha value is -1.95. The third kappa shape index (κ3) is 2.59. The second-order valence-electron chi connectivity index (χ2n) is 3.44. The van der Waals surface area contributed by atoms with Crippen molar-refractivity contribution in [3.05, 3.63) is 28.2 Å². The second kappa shape index (κ2) is 4.50. The van der Waals surface area contributed by atoms with Crippen molar-refractivity contribution < 1.29 is 9.53 Å². The van der Waals surface area contributed by atoms with Gasteiger partial charge >= 0.3 is 0 Å². The Morgan fingerprint density at radius 1 is 1.47 bits per heavy atom. The SMILES string of the molecule is CC(=O)c1sc(C)nc1Oc1ccc(N)nc1. The molecule has 5 nitrogen and oxygen atoms in total. The number of carbonyl (C=O) groups excluding carboxylic acids is 1. The van der Waals surface area contributed by atoms with Crippen LogP contribution in [0.15, 0.2) is 18.3 Å². The topological polar surface area (TPSA) is 78.1 Å². The smallest absolute Gasteiger partial charge is 0.241 e. The Labute approximate surface area is 102 Å². The molecule has 0 saturated heterocycles. The van der Waals surface area contributed by atoms with Crippen molar-refractivity contribution in [2.24, 2.45) is 0 Å². The number of nitrogen functional groups attached to an aromatic ring is 1. The summed E-state index contributed by atoms with van der Waals surface area (Å²) in [5.41, 5.74) is 5.47. The molecule has 2 aromatic heterocycles. The molecule has 0 spiro atoms. The summed E-state index contributed by atoms with van der Waals surface area (Å²) < 4.78 is 5.51. The first-order chi connectivity index (χ1) is 8.06. The number of aryl methyl sites for hydroxylation is 1. The lowest BCUT2D eigenvalue weighted by molar-refractivity contribution is 0.101. The first-order valence-corrected chi connectivity index (χ1v) is 5.75. The highest BCUT2D eigenvalue weighted by Gasteiger charge is 2.15. The van der Waals surface area contributed by atoms with E-state index in [1.807, 2.05) is 6.92 Å². The average Bonchev–Trinajstić information content (AvgIpc) is 2.63. The van der Waals surface area contributed by atoms with Crippen LogP contribution in [0, 0.1) is 6.92 Å². The van der Waals surface area contributed by atoms with Gasteiger partial charge in [0.25, 0.3) is 0 Å². The number of pyridine rings is 1. The first-order valence-electron chi connectivity index (χ1n) is 4.94. The molecular weight excluding hydrogens is 238 g/mol. The molecule has 0 aliphatic heterocycles. The summed E-state index contributed by atoms with van der Waals surface area (Å²) in [6, 6.07) is 3.31. The molecular formula is C11H11N3O2S. The van der Waals surface area contributed by atoms with Crippen molar-refractivity contribution in [1.29, 1.82) is 0 Å². The molecule has 2 rings (SSSR count). The van der Waals surface area contributed by atoms with Crippen LogP contribution < -0.4 is 10.5 Å². The fraction of sp³-hybridized carbons (Fsp3) is 0.182. The molecule has 0 aliphatic carbocycles. The van der Waals surface area contributed by atoms with Crippen molar-refractivity contribution in [3.63, 3.8) is 0 Å². The van der Waals surface area contributed by atoms with Gasteiger partial charge in [-0.15, -0.1) is 11.3 Å². The molecule has 0 unspecified atom stereocenters. The number of hydrogen-bond acceptors (Lipinski definition) is 6. The molecule has 0 saturated carbocycles. The zero-order chi connectivity index (χ0) is 12.4. The van der Waals surface area contributed by atoms with E-state index in [-0.39, 0.29) is 5.78 Å². The van der Waals surface area contributed by atoms with Crippen LogP contribution in [0.2, 0.25) is 0 Å². The zero-order valence-electron chi connectivity index (χ0n) is 9.43. The van der Waals surface area contributed by atoms with Gasteiger partial charge in [0.2, 0.25) is 5.88 Å². The molecule has 17 heavy (non-hydrogen) atoms. The highest BCUT2D eigenvalue weighted by molar-refractivity contribution is 7.13. The van der Waals surface area contributed by atoms with Crippen molar-refractivity contribution in [3.8, 4) is 11.6 Å². The third-order valence-corrected chi connectivity index (χ3v) is 3.05. The number of nitrogens with two attached hydrogens (primary N) is 1. The zero-order valence-corrected chi connectivity index (χ0v) is 10.2. The quantitative estimate of drug-likeness (QED) is 0.845. The Morgan fingerprint density at radius 3 is 2.82 bits per heavy atom. The Morgan fingerprint density at radius 2 is 2.24 bits per heavy atom. The molecule has 0 amide bonds. The fourth-order valence-electron chi connectivity index (χ4n) is 1.26. The average molecular weight is 249 g/mol. The number of rotatable bonds is 3. The third-order valence-electron chi connectivity index (χ3n) is 2.00. The van der Waals surface area contributed by atoms with Crippen LogP contribution >= 0.6 is 11.3 Å². The molecule has 0 radical (unpaired) electrons. The minimum atomic E-state index is -0.0611. The number of anilines is 1. The van der Waals surface area contributed by atoms with Gasteiger partial charge < -0.3 is 10.5 Å². The number of thiazole rings is 1. The molecule has 2 N–H and O–H groups in total. The minimum absolute atomic E-state index is 0.0611. The standard InChI is InChI=1S/C11H11N3O2S/c1-6(15)10-11(14-7(2)17-10)16-8-3-4-9(12)13-5-8/h3-5H,1-2H3,(H2,12,13). The summed E-state index contributed by atoms with van der Waals surface area (Å²) in [5, 5.41) is 0.786. The lowest BCUT2D eigenvalue weighted by Gasteiger charge is -2.03. The fourth-order valence-corrected chi connectivity index (χ4v) is 2.01. The summed E-state index contributed by atoms with van der Waals surface area (Å²) in [7, 11) is 0. The number of ether oxygens (including phenoxy) is 1. The van der Waals surface area contributed by atoms with Crippen LogP contribution in [0.4, 0.5) is 5.82 Å². The number of ketones is 1. The molecule has 0 fully saturated rings. The van der Waals surface area contributed by atoms with Crippen molar-refractivity contribution in [2.45, 2.75) is 13.8 Å². The van der Waals surface area contributed by atoms with E-state index in [4.69, 9.17) is 10.5 Å². The highest BCUT2D eigenvalue weighted by atomic mass is 32.1. The normalized spacial score (nSPS) is 10.2. The maximum absolute atomic E-state index is 11.4. The largest absolute Gasteiger partial charge is 0.436 e. The van der Waals surface area contributed by atoms with Gasteiger partial charge in [0.1, 0.15) is 16.4 Å². The van der Waals surface area contributed by atoms with Gasteiger partial charge in [-0.1, -0.05) is 0 Å². The van der Waals surface area contributed by atoms with E-state index in [2.05, 4.69) is 9.97 Å². The number of carbonyl (C=O) groups is 1. The Balaban J connectivity index is 2.29. The van der Waals surface area contributed by atoms with Gasteiger partial charge in [0.15, 0.2) is 5.78 Å². The molecule has 2 heterocycles. The van der Waals surface area contributed by atoms with Gasteiger partial charge in [0.05, 0.1) is 11.2 Å². The van der Waals surface area contributed by atoms with E-state index in [1.165, 1.54) is 24.5 Å². The molecule has 0 aromatic carbocycles. The van der Waals surface area contributed by atoms with Crippen LogP contribution in [-0.2, 0) is 0 Å². The Kier molecular flexibility index (Phi) is 3.06. The first kappa shape index (κ1) is 11.5. The van der Waals surface area contributed by atoms with Gasteiger partial charge in [-0.25, -0.2) is 9.97 Å². The summed E-state index contributed by atoms with van der Waals surface area (Å²) in [4.78, 5) is 20.0. The predicted molar refractivity (Wildman–Crippen MR) is 65.6 cm³/mol. The van der Waals surface area contributed by atoms with E-state index in [0.717, 1.165) is 5.01 Å². The van der Waals surface area contributed by atoms with E-state index in [0.29, 0.717) is 22.3 Å². The van der Waals surface area contributed by atoms with Gasteiger partial charge in [-0.3, -0.25) is 4.79 Å². The maximum Gasteiger partial charge on any atom is 0.241 e. The summed E-state index contributed by atoms with van der Waals surface area (Å²) in [6.45, 7) is 3.31. The second-order valence-corrected chi connectivity index (χ2v) is 4.65. The number of hydrogen-bond donors (Lipinski definition) is 1. The molecule has 0 bridgehead atoms. The van der Waals surface area contributed by atoms with Crippen LogP contribution in [0.25, 0.3) is 0 Å². The van der Waals surface area contributed by atoms with Gasteiger partial charge in [0, 0.05) is 6.92 Å². The van der Waals surface area contributed by atoms with Crippen LogP contribution in [0.5, 0.6) is 11.6 Å². The molecule has 6 heteroatoms. The summed E-state index contributed by atoms with van der Waals surface area (Å²) in [5.74, 6) is 1.19. The summed E-state index contributed by atoms with van der Waals surface area (Å²) in [6.07, 6.45) is 1.49. The molecule has 0 atom stereocenters. The number of aromatic nitrogens is 2. The lowest BCUT2D eigenvalue weighted by Crippen LogP contribution is -1.95. The van der Waals surface area contributed by atoms with Crippen LogP contribution in [-0.4, -0.2) is 15.8 Å². The molecule has 88 valence electrons. The monoisotopic (exact) mass is 249 g/mol. The highest BCUT2D eigenvalue weighted by Crippen LogP contribution is 2.29. The van der Waals surface area contributed by atoms with E-state index < -0.39 is 0 Å². The van der Waals surface area contributed by atoms with Crippen LogP contribution in [0.1, 0.15) is 21.6 Å². The van der Waals surface area contributed by atoms with Crippen molar-refractivity contribution in [2.75, 3.05) is 5.73 Å². The van der Waals surface area contributed by atoms with E-state index >= 15 is 0 Å². The lowest BCUT2D eigenvalue weighted by atomic mass is 10.4. The van der Waals surface area contributed by atoms with Crippen LogP contribution in [0.3, 0.4) is 0 Å². The minimum Gasteiger partial charge on any atom is -0.436 e. The molecule has 0 aliphatic rings. The van der Waals surface area contributed by atoms with Crippen molar-refractivity contribution in [1.82, 2.24) is 9.97 Å². The number of nitrogens with zero attached hydrogens (tertiary/aromatic N) is 2. The van der Waals surface area contributed by atoms with E-state index in [9.17, 15) is 4.79 Å². The van der Waals surface area contributed by atoms with Gasteiger partial charge in [-0.2, -0.15) is 0 Å². The maximum atomic E-state index is 11.4. The summed E-state index contributed by atoms with van der Waals surface area (Å²) >= 11 is 1.31. The van der Waals surface area contributed by atoms with Gasteiger partial charge in [-0.05, 0) is 19.1 Å². The predicted octanol–water partition coefficient (Wildman–Crippen LogP) is 2.42. The molecule has 2 aromatic rings. The van der Waals surface area contributed by atoms with E-state index in [1.54, 1.807) is 12.1 Å². The number of Topliss-reactive ketones (excluding diaryl/α,β-unsaturated/α-hetero) is 1. The Bertz CT molecular complexity index is 548.